The largest absolute Gasteiger partial charge is 0.396 e. The third-order valence-corrected chi connectivity index (χ3v) is 2.96. The maximum absolute atomic E-state index is 13.8. The van der Waals surface area contributed by atoms with Crippen LogP contribution in [0.4, 0.5) is 14.5 Å². The van der Waals surface area contributed by atoms with Gasteiger partial charge in [-0.2, -0.15) is 4.98 Å². The molecule has 0 aliphatic heterocycles. The van der Waals surface area contributed by atoms with Crippen molar-refractivity contribution in [2.45, 2.75) is 26.9 Å². The molecule has 2 rings (SSSR count). The summed E-state index contributed by atoms with van der Waals surface area (Å²) in [6.45, 7) is 6.25. The molecule has 0 aliphatic carbocycles. The van der Waals surface area contributed by atoms with Crippen LogP contribution in [0, 0.1) is 17.6 Å². The summed E-state index contributed by atoms with van der Waals surface area (Å²) in [5.41, 5.74) is 5.21. The molecule has 1 atom stereocenters. The Morgan fingerprint density at radius 2 is 2.00 bits per heavy atom. The molecular formula is C14H17F2N3O2. The first-order chi connectivity index (χ1) is 9.93. The van der Waals surface area contributed by atoms with Gasteiger partial charge in [-0.05, 0) is 18.9 Å². The second-order valence-electron chi connectivity index (χ2n) is 4.93. The number of rotatable bonds is 5. The fourth-order valence-electron chi connectivity index (χ4n) is 1.93. The highest BCUT2D eigenvalue weighted by atomic mass is 19.1. The van der Waals surface area contributed by atoms with Gasteiger partial charge in [0.15, 0.2) is 0 Å². The number of nitrogen functional groups attached to an aromatic ring is 1. The Morgan fingerprint density at radius 1 is 1.29 bits per heavy atom. The van der Waals surface area contributed by atoms with E-state index >= 15 is 0 Å². The Labute approximate surface area is 121 Å². The van der Waals surface area contributed by atoms with E-state index in [1.807, 2.05) is 20.8 Å². The summed E-state index contributed by atoms with van der Waals surface area (Å²) in [5, 5.41) is 3.81. The number of nitrogens with zero attached hydrogens (tertiary/aromatic N) is 2. The van der Waals surface area contributed by atoms with Crippen LogP contribution < -0.4 is 5.73 Å². The summed E-state index contributed by atoms with van der Waals surface area (Å²) in [7, 11) is 0. The molecule has 1 aromatic heterocycles. The number of halogens is 2. The zero-order valence-corrected chi connectivity index (χ0v) is 12.1. The molecule has 114 valence electrons. The molecule has 1 aromatic carbocycles. The number of hydrogen-bond acceptors (Lipinski definition) is 5. The van der Waals surface area contributed by atoms with E-state index in [1.165, 1.54) is 0 Å². The van der Waals surface area contributed by atoms with E-state index in [0.29, 0.717) is 18.5 Å². The lowest BCUT2D eigenvalue weighted by molar-refractivity contribution is 0.0217. The first-order valence-electron chi connectivity index (χ1n) is 6.64. The van der Waals surface area contributed by atoms with Gasteiger partial charge in [-0.25, -0.2) is 8.78 Å². The molecule has 21 heavy (non-hydrogen) atoms. The minimum absolute atomic E-state index is 0.0355. The third kappa shape index (κ3) is 3.18. The number of aromatic nitrogens is 2. The molecule has 1 heterocycles. The van der Waals surface area contributed by atoms with Crippen LogP contribution in [0.2, 0.25) is 0 Å². The highest BCUT2D eigenvalue weighted by Gasteiger charge is 2.24. The van der Waals surface area contributed by atoms with Crippen molar-refractivity contribution < 1.29 is 18.0 Å². The Kier molecular flexibility index (Phi) is 4.52. The number of hydrogen-bond donors (Lipinski definition) is 1. The van der Waals surface area contributed by atoms with Crippen molar-refractivity contribution in [2.24, 2.45) is 5.92 Å². The molecule has 0 spiro atoms. The fourth-order valence-corrected chi connectivity index (χ4v) is 1.93. The van der Waals surface area contributed by atoms with Crippen molar-refractivity contribution >= 4 is 5.69 Å². The van der Waals surface area contributed by atoms with E-state index in [2.05, 4.69) is 10.1 Å². The number of ether oxygens (including phenoxy) is 1. The van der Waals surface area contributed by atoms with Gasteiger partial charge < -0.3 is 15.0 Å². The van der Waals surface area contributed by atoms with Crippen LogP contribution in [-0.4, -0.2) is 16.7 Å². The predicted octanol–water partition coefficient (Wildman–Crippen LogP) is 3.33. The van der Waals surface area contributed by atoms with Crippen LogP contribution in [0.15, 0.2) is 16.7 Å². The lowest BCUT2D eigenvalue weighted by Crippen LogP contribution is -2.12. The summed E-state index contributed by atoms with van der Waals surface area (Å²) < 4.78 is 37.5. The summed E-state index contributed by atoms with van der Waals surface area (Å²) in [6.07, 6.45) is -0.353. The molecule has 7 heteroatoms. The third-order valence-electron chi connectivity index (χ3n) is 2.96. The van der Waals surface area contributed by atoms with Crippen LogP contribution in [-0.2, 0) is 4.74 Å². The average Bonchev–Trinajstić information content (AvgIpc) is 2.89. The van der Waals surface area contributed by atoms with Gasteiger partial charge in [0.2, 0.25) is 5.82 Å². The summed E-state index contributed by atoms with van der Waals surface area (Å²) in [5.74, 6) is -1.25. The summed E-state index contributed by atoms with van der Waals surface area (Å²) >= 11 is 0. The molecule has 5 nitrogen and oxygen atoms in total. The molecular weight excluding hydrogens is 280 g/mol. The molecule has 0 saturated carbocycles. The zero-order chi connectivity index (χ0) is 15.6. The van der Waals surface area contributed by atoms with Gasteiger partial charge in [-0.1, -0.05) is 19.0 Å². The number of anilines is 1. The molecule has 1 unspecified atom stereocenters. The Balaban J connectivity index is 2.37. The smallest absolute Gasteiger partial charge is 0.261 e. The van der Waals surface area contributed by atoms with E-state index in [-0.39, 0.29) is 29.2 Å². The summed E-state index contributed by atoms with van der Waals surface area (Å²) in [6, 6.07) is 1.82. The molecule has 2 aromatic rings. The standard InChI is InChI=1S/C14H17F2N3O2/c1-4-20-12(7(2)3)13-18-14(21-19-13)8-5-11(17)10(16)6-9(8)15/h5-7,12H,4,17H2,1-3H3. The molecule has 0 radical (unpaired) electrons. The van der Waals surface area contributed by atoms with E-state index < -0.39 is 11.6 Å². The van der Waals surface area contributed by atoms with Gasteiger partial charge in [0.05, 0.1) is 11.3 Å². The highest BCUT2D eigenvalue weighted by molar-refractivity contribution is 5.61. The number of nitrogens with two attached hydrogens (primary N) is 1. The van der Waals surface area contributed by atoms with Crippen molar-refractivity contribution in [3.63, 3.8) is 0 Å². The first-order valence-corrected chi connectivity index (χ1v) is 6.64. The monoisotopic (exact) mass is 297 g/mol. The second-order valence-corrected chi connectivity index (χ2v) is 4.93. The minimum atomic E-state index is -0.828. The molecule has 0 bridgehead atoms. The maximum Gasteiger partial charge on any atom is 0.261 e. The lowest BCUT2D eigenvalue weighted by Gasteiger charge is -2.16. The second kappa shape index (κ2) is 6.17. The van der Waals surface area contributed by atoms with Crippen LogP contribution in [0.5, 0.6) is 0 Å². The fraction of sp³-hybridized carbons (Fsp3) is 0.429. The van der Waals surface area contributed by atoms with E-state index in [9.17, 15) is 8.78 Å². The molecule has 0 aliphatic rings. The van der Waals surface area contributed by atoms with Gasteiger partial charge in [0.25, 0.3) is 5.89 Å². The predicted molar refractivity (Wildman–Crippen MR) is 73.3 cm³/mol. The molecule has 0 saturated heterocycles. The van der Waals surface area contributed by atoms with E-state index in [0.717, 1.165) is 6.07 Å². The SMILES string of the molecule is CCOC(c1noc(-c2cc(N)c(F)cc2F)n1)C(C)C. The highest BCUT2D eigenvalue weighted by Crippen LogP contribution is 2.29. The van der Waals surface area contributed by atoms with E-state index in [4.69, 9.17) is 15.0 Å². The van der Waals surface area contributed by atoms with Crippen molar-refractivity contribution in [3.8, 4) is 11.5 Å². The van der Waals surface area contributed by atoms with Gasteiger partial charge in [0, 0.05) is 12.7 Å². The molecule has 0 fully saturated rings. The van der Waals surface area contributed by atoms with Gasteiger partial charge >= 0.3 is 0 Å². The zero-order valence-electron chi connectivity index (χ0n) is 12.1. The van der Waals surface area contributed by atoms with Crippen molar-refractivity contribution in [1.29, 1.82) is 0 Å². The van der Waals surface area contributed by atoms with Gasteiger partial charge in [0.1, 0.15) is 17.7 Å². The topological polar surface area (TPSA) is 74.2 Å². The Morgan fingerprint density at radius 3 is 2.62 bits per heavy atom. The quantitative estimate of drug-likeness (QED) is 0.857. The minimum Gasteiger partial charge on any atom is -0.396 e. The summed E-state index contributed by atoms with van der Waals surface area (Å²) in [4.78, 5) is 4.13. The van der Waals surface area contributed by atoms with Crippen molar-refractivity contribution in [1.82, 2.24) is 10.1 Å². The van der Waals surface area contributed by atoms with E-state index in [1.54, 1.807) is 0 Å². The normalized spacial score (nSPS) is 12.9. The first kappa shape index (κ1) is 15.4. The lowest BCUT2D eigenvalue weighted by atomic mass is 10.1. The number of benzene rings is 1. The maximum atomic E-state index is 13.8. The average molecular weight is 297 g/mol. The Hall–Kier alpha value is -2.02. The van der Waals surface area contributed by atoms with Gasteiger partial charge in [-0.15, -0.1) is 0 Å². The van der Waals surface area contributed by atoms with Gasteiger partial charge in [-0.3, -0.25) is 0 Å². The van der Waals surface area contributed by atoms with Crippen molar-refractivity contribution in [2.75, 3.05) is 12.3 Å². The van der Waals surface area contributed by atoms with Crippen LogP contribution >= 0.6 is 0 Å². The van der Waals surface area contributed by atoms with Crippen LogP contribution in [0.25, 0.3) is 11.5 Å². The van der Waals surface area contributed by atoms with Crippen molar-refractivity contribution in [3.05, 3.63) is 29.6 Å². The van der Waals surface area contributed by atoms with Crippen LogP contribution in [0.1, 0.15) is 32.7 Å². The molecule has 2 N–H and O–H groups in total. The molecule has 0 amide bonds. The Bertz CT molecular complexity index is 629. The van der Waals surface area contributed by atoms with Crippen LogP contribution in [0.3, 0.4) is 0 Å².